The maximum atomic E-state index is 5.65. The van der Waals surface area contributed by atoms with Crippen LogP contribution in [-0.2, 0) is 11.8 Å². The van der Waals surface area contributed by atoms with Gasteiger partial charge in [0.15, 0.2) is 11.5 Å². The molecule has 0 amide bonds. The van der Waals surface area contributed by atoms with Crippen molar-refractivity contribution in [3.63, 3.8) is 0 Å². The van der Waals surface area contributed by atoms with E-state index in [2.05, 4.69) is 37.8 Å². The van der Waals surface area contributed by atoms with Crippen molar-refractivity contribution in [1.29, 1.82) is 0 Å². The number of hydrogen-bond donors (Lipinski definition) is 0. The molecule has 8 rings (SSSR count). The van der Waals surface area contributed by atoms with Crippen LogP contribution in [0.4, 0.5) is 0 Å². The molecule has 4 aliphatic rings. The van der Waals surface area contributed by atoms with Gasteiger partial charge in [-0.25, -0.2) is 14.5 Å². The highest BCUT2D eigenvalue weighted by atomic mass is 32.1. The Morgan fingerprint density at radius 1 is 1.12 bits per heavy atom. The fourth-order valence-electron chi connectivity index (χ4n) is 8.29. The summed E-state index contributed by atoms with van der Waals surface area (Å²) in [5, 5.41) is 10.4. The second-order valence-electron chi connectivity index (χ2n) is 11.1. The predicted molar refractivity (Wildman–Crippen MR) is 124 cm³/mol. The van der Waals surface area contributed by atoms with Crippen LogP contribution < -0.4 is 0 Å². The summed E-state index contributed by atoms with van der Waals surface area (Å²) in [5.74, 6) is 3.62. The average Bonchev–Trinajstić information content (AvgIpc) is 3.35. The molecule has 0 aliphatic heterocycles. The van der Waals surface area contributed by atoms with Crippen molar-refractivity contribution in [2.24, 2.45) is 17.3 Å². The molecule has 0 saturated heterocycles. The minimum Gasteiger partial charge on any atom is -0.361 e. The standard InChI is InChI=1S/C25H29N5OS/c1-13-16(4)32-23-20(13)22-27-19(28-30(22)12-26-23)10-24-6-17-5-18(7-24)9-25(8-17,11-24)21-14(2)29-31-15(21)3/h12,17-18H,5-11H2,1-4H3. The predicted octanol–water partition coefficient (Wildman–Crippen LogP) is 5.64. The lowest BCUT2D eigenvalue weighted by atomic mass is 9.42. The number of aryl methyl sites for hydroxylation is 4. The molecule has 0 radical (unpaired) electrons. The van der Waals surface area contributed by atoms with Gasteiger partial charge in [-0.05, 0) is 89.0 Å². The highest BCUT2D eigenvalue weighted by molar-refractivity contribution is 7.18. The zero-order chi connectivity index (χ0) is 21.8. The van der Waals surface area contributed by atoms with E-state index in [9.17, 15) is 0 Å². The van der Waals surface area contributed by atoms with E-state index >= 15 is 0 Å². The molecule has 4 saturated carbocycles. The van der Waals surface area contributed by atoms with Gasteiger partial charge in [-0.15, -0.1) is 16.4 Å². The first-order chi connectivity index (χ1) is 15.3. The van der Waals surface area contributed by atoms with E-state index in [0.29, 0.717) is 0 Å². The van der Waals surface area contributed by atoms with Gasteiger partial charge in [0, 0.05) is 22.3 Å². The van der Waals surface area contributed by atoms with Gasteiger partial charge in [0.05, 0.1) is 11.1 Å². The van der Waals surface area contributed by atoms with Gasteiger partial charge in [-0.3, -0.25) is 0 Å². The second-order valence-corrected chi connectivity index (χ2v) is 12.3. The van der Waals surface area contributed by atoms with Crippen molar-refractivity contribution in [3.05, 3.63) is 39.6 Å². The van der Waals surface area contributed by atoms with Crippen LogP contribution in [0.3, 0.4) is 0 Å². The summed E-state index contributed by atoms with van der Waals surface area (Å²) in [6.07, 6.45) is 10.6. The molecular weight excluding hydrogens is 418 g/mol. The maximum Gasteiger partial charge on any atom is 0.167 e. The Hall–Kier alpha value is -2.28. The Kier molecular flexibility index (Phi) is 3.72. The third kappa shape index (κ3) is 2.51. The zero-order valence-electron chi connectivity index (χ0n) is 19.2. The molecule has 4 heterocycles. The molecule has 32 heavy (non-hydrogen) atoms. The van der Waals surface area contributed by atoms with Crippen LogP contribution in [0.25, 0.3) is 15.9 Å². The van der Waals surface area contributed by atoms with Crippen LogP contribution in [0, 0.1) is 44.9 Å². The lowest BCUT2D eigenvalue weighted by molar-refractivity contribution is -0.0731. The summed E-state index contributed by atoms with van der Waals surface area (Å²) in [5.41, 5.74) is 5.28. The van der Waals surface area contributed by atoms with E-state index in [-0.39, 0.29) is 10.8 Å². The minimum atomic E-state index is 0.229. The molecule has 0 N–H and O–H groups in total. The zero-order valence-corrected chi connectivity index (χ0v) is 20.1. The van der Waals surface area contributed by atoms with E-state index in [0.717, 1.165) is 46.0 Å². The van der Waals surface area contributed by atoms with Crippen molar-refractivity contribution >= 4 is 27.2 Å². The van der Waals surface area contributed by atoms with Crippen LogP contribution in [0.5, 0.6) is 0 Å². The summed E-state index contributed by atoms with van der Waals surface area (Å²) in [7, 11) is 0. The summed E-state index contributed by atoms with van der Waals surface area (Å²) in [4.78, 5) is 12.1. The van der Waals surface area contributed by atoms with Gasteiger partial charge >= 0.3 is 0 Å². The Bertz CT molecular complexity index is 1360. The number of fused-ring (bicyclic) bond motifs is 3. The highest BCUT2D eigenvalue weighted by Gasteiger charge is 2.59. The molecule has 4 fully saturated rings. The Balaban J connectivity index is 1.31. The SMILES string of the molecule is Cc1noc(C)c1C12CC3CC(CC(Cc4nc5c6c(C)c(C)sc6ncn5n4)(C3)C1)C2. The number of nitrogens with zero attached hydrogens (tertiary/aromatic N) is 5. The van der Waals surface area contributed by atoms with Crippen molar-refractivity contribution in [2.45, 2.75) is 78.1 Å². The van der Waals surface area contributed by atoms with Gasteiger partial charge in [0.1, 0.15) is 16.9 Å². The normalized spacial score (nSPS) is 31.4. The number of thiophene rings is 1. The third-order valence-electron chi connectivity index (χ3n) is 8.83. The maximum absolute atomic E-state index is 5.65. The van der Waals surface area contributed by atoms with Crippen molar-refractivity contribution in [3.8, 4) is 0 Å². The number of aromatic nitrogens is 5. The quantitative estimate of drug-likeness (QED) is 0.406. The van der Waals surface area contributed by atoms with E-state index in [1.807, 2.05) is 10.8 Å². The molecule has 4 bridgehead atoms. The van der Waals surface area contributed by atoms with Gasteiger partial charge in [0.2, 0.25) is 0 Å². The molecule has 0 aromatic carbocycles. The minimum absolute atomic E-state index is 0.229. The largest absolute Gasteiger partial charge is 0.361 e. The lowest BCUT2D eigenvalue weighted by Crippen LogP contribution is -2.55. The molecule has 2 unspecified atom stereocenters. The van der Waals surface area contributed by atoms with E-state index < -0.39 is 0 Å². The van der Waals surface area contributed by atoms with E-state index in [1.165, 1.54) is 59.9 Å². The third-order valence-corrected chi connectivity index (χ3v) is 9.94. The smallest absolute Gasteiger partial charge is 0.167 e. The van der Waals surface area contributed by atoms with Gasteiger partial charge < -0.3 is 4.52 Å². The van der Waals surface area contributed by atoms with Crippen LogP contribution in [0.2, 0.25) is 0 Å². The topological polar surface area (TPSA) is 69.1 Å². The highest BCUT2D eigenvalue weighted by Crippen LogP contribution is 2.67. The summed E-state index contributed by atoms with van der Waals surface area (Å²) >= 11 is 1.75. The van der Waals surface area contributed by atoms with Gasteiger partial charge in [0.25, 0.3) is 0 Å². The molecule has 4 aromatic heterocycles. The molecular formula is C25H29N5OS. The number of hydrogen-bond acceptors (Lipinski definition) is 6. The molecule has 7 heteroatoms. The van der Waals surface area contributed by atoms with Crippen LogP contribution in [-0.4, -0.2) is 24.7 Å². The molecule has 166 valence electrons. The first-order valence-corrected chi connectivity index (χ1v) is 12.7. The molecule has 4 aliphatic carbocycles. The van der Waals surface area contributed by atoms with Crippen molar-refractivity contribution in [2.75, 3.05) is 0 Å². The van der Waals surface area contributed by atoms with E-state index in [1.54, 1.807) is 11.3 Å². The second kappa shape index (κ2) is 6.19. The number of rotatable bonds is 3. The van der Waals surface area contributed by atoms with Gasteiger partial charge in [-0.2, -0.15) is 0 Å². The van der Waals surface area contributed by atoms with Crippen molar-refractivity contribution < 1.29 is 4.52 Å². The Morgan fingerprint density at radius 3 is 2.62 bits per heavy atom. The Labute approximate surface area is 191 Å². The van der Waals surface area contributed by atoms with Gasteiger partial charge in [-0.1, -0.05) is 5.16 Å². The molecule has 0 spiro atoms. The fourth-order valence-corrected chi connectivity index (χ4v) is 9.28. The van der Waals surface area contributed by atoms with Crippen molar-refractivity contribution in [1.82, 2.24) is 24.7 Å². The lowest BCUT2D eigenvalue weighted by Gasteiger charge is -2.62. The average molecular weight is 448 g/mol. The first-order valence-electron chi connectivity index (χ1n) is 11.9. The monoisotopic (exact) mass is 447 g/mol. The first kappa shape index (κ1) is 19.2. The van der Waals surface area contributed by atoms with E-state index in [4.69, 9.17) is 14.6 Å². The van der Waals surface area contributed by atoms with Crippen LogP contribution in [0.1, 0.15) is 71.8 Å². The summed E-state index contributed by atoms with van der Waals surface area (Å²) in [6.45, 7) is 8.58. The molecule has 2 atom stereocenters. The molecule has 6 nitrogen and oxygen atoms in total. The summed E-state index contributed by atoms with van der Waals surface area (Å²) in [6, 6.07) is 0. The fraction of sp³-hybridized carbons (Fsp3) is 0.600. The van der Waals surface area contributed by atoms with Crippen LogP contribution in [0.15, 0.2) is 10.9 Å². The Morgan fingerprint density at radius 2 is 1.91 bits per heavy atom. The summed E-state index contributed by atoms with van der Waals surface area (Å²) < 4.78 is 7.55. The molecule has 4 aromatic rings. The van der Waals surface area contributed by atoms with Crippen LogP contribution >= 0.6 is 11.3 Å².